The molecule has 0 spiro atoms. The fourth-order valence-electron chi connectivity index (χ4n) is 2.69. The molecule has 10 nitrogen and oxygen atoms in total. The topological polar surface area (TPSA) is 146 Å². The fraction of sp³-hybridized carbons (Fsp3) is 0.571. The van der Waals surface area contributed by atoms with E-state index in [0.717, 1.165) is 50.5 Å². The lowest BCUT2D eigenvalue weighted by molar-refractivity contribution is -0.389. The van der Waals surface area contributed by atoms with Gasteiger partial charge in [-0.15, -0.1) is 12.4 Å². The Bertz CT molecular complexity index is 767. The first-order valence-corrected chi connectivity index (χ1v) is 9.64. The van der Waals surface area contributed by atoms with Crippen molar-refractivity contribution < 1.29 is 22.9 Å². The maximum Gasteiger partial charge on any atom is 0.367 e. The SMILES string of the molecule is CS(=O)(=O)N(C(=O)CN)c1ccc([N+](=O)[O-])nc1OC1CCCCC1.Cl. The number of nitrogens with zero attached hydrogens (tertiary/aromatic N) is 3. The van der Waals surface area contributed by atoms with Crippen molar-refractivity contribution in [3.63, 3.8) is 0 Å². The molecule has 26 heavy (non-hydrogen) atoms. The number of carbonyl (C=O) groups is 1. The van der Waals surface area contributed by atoms with Gasteiger partial charge in [-0.2, -0.15) is 4.31 Å². The molecule has 1 saturated carbocycles. The predicted octanol–water partition coefficient (Wildman–Crippen LogP) is 1.37. The number of hydrogen-bond donors (Lipinski definition) is 1. The Balaban J connectivity index is 0.00000338. The number of rotatable bonds is 6. The van der Waals surface area contributed by atoms with Crippen molar-refractivity contribution in [2.75, 3.05) is 17.1 Å². The second-order valence-electron chi connectivity index (χ2n) is 5.75. The van der Waals surface area contributed by atoms with Gasteiger partial charge in [0.25, 0.3) is 5.91 Å². The van der Waals surface area contributed by atoms with Crippen LogP contribution in [0.2, 0.25) is 0 Å². The molecule has 2 rings (SSSR count). The monoisotopic (exact) mass is 408 g/mol. The van der Waals surface area contributed by atoms with Crippen LogP contribution in [0.1, 0.15) is 32.1 Å². The minimum absolute atomic E-state index is 0. The summed E-state index contributed by atoms with van der Waals surface area (Å²) in [6.45, 7) is -0.549. The molecular formula is C14H21ClN4O6S. The van der Waals surface area contributed by atoms with E-state index >= 15 is 0 Å². The summed E-state index contributed by atoms with van der Waals surface area (Å²) in [6.07, 6.45) is 5.00. The Labute approximate surface area is 157 Å². The lowest BCUT2D eigenvalue weighted by Gasteiger charge is -2.24. The van der Waals surface area contributed by atoms with Gasteiger partial charge in [0.15, 0.2) is 0 Å². The van der Waals surface area contributed by atoms with Gasteiger partial charge in [-0.05, 0) is 36.7 Å². The predicted molar refractivity (Wildman–Crippen MR) is 97.0 cm³/mol. The minimum Gasteiger partial charge on any atom is -0.455 e. The molecule has 0 saturated heterocycles. The summed E-state index contributed by atoms with van der Waals surface area (Å²) in [6, 6.07) is 2.16. The van der Waals surface area contributed by atoms with Gasteiger partial charge in [-0.3, -0.25) is 4.79 Å². The summed E-state index contributed by atoms with van der Waals surface area (Å²) >= 11 is 0. The summed E-state index contributed by atoms with van der Waals surface area (Å²) in [7, 11) is -4.01. The highest BCUT2D eigenvalue weighted by Gasteiger charge is 2.32. The average Bonchev–Trinajstić information content (AvgIpc) is 2.55. The highest BCUT2D eigenvalue weighted by Crippen LogP contribution is 2.33. The maximum absolute atomic E-state index is 12.0. The summed E-state index contributed by atoms with van der Waals surface area (Å²) in [5.41, 5.74) is 5.12. The number of sulfonamides is 1. The van der Waals surface area contributed by atoms with Crippen LogP contribution >= 0.6 is 12.4 Å². The fourth-order valence-corrected chi connectivity index (χ4v) is 3.63. The van der Waals surface area contributed by atoms with Crippen LogP contribution in [0.25, 0.3) is 0 Å². The van der Waals surface area contributed by atoms with E-state index in [4.69, 9.17) is 10.5 Å². The van der Waals surface area contributed by atoms with Crippen molar-refractivity contribution in [3.8, 4) is 5.88 Å². The molecule has 0 bridgehead atoms. The van der Waals surface area contributed by atoms with Gasteiger partial charge in [-0.25, -0.2) is 8.42 Å². The second kappa shape index (κ2) is 9.10. The molecule has 146 valence electrons. The molecule has 1 heterocycles. The molecule has 1 aliphatic rings. The minimum atomic E-state index is -4.01. The van der Waals surface area contributed by atoms with Crippen LogP contribution in [0.5, 0.6) is 5.88 Å². The van der Waals surface area contributed by atoms with E-state index in [2.05, 4.69) is 4.98 Å². The number of amides is 1. The Hall–Kier alpha value is -1.98. The standard InChI is InChI=1S/C14H20N4O6S.ClH/c1-25(22,23)17(13(19)9-15)11-7-8-12(18(20)21)16-14(11)24-10-5-3-2-4-6-10;/h7-8,10H,2-6,9,15H2,1H3;1H. The third kappa shape index (κ3) is 5.26. The van der Waals surface area contributed by atoms with E-state index < -0.39 is 33.2 Å². The first kappa shape index (κ1) is 22.1. The number of carbonyl (C=O) groups excluding carboxylic acids is 1. The van der Waals surface area contributed by atoms with E-state index in [1.165, 1.54) is 0 Å². The normalized spacial score (nSPS) is 15.0. The summed E-state index contributed by atoms with van der Waals surface area (Å²) in [5.74, 6) is -1.64. The number of hydrogen-bond acceptors (Lipinski definition) is 8. The highest BCUT2D eigenvalue weighted by molar-refractivity contribution is 7.92. The Kier molecular flexibility index (Phi) is 7.72. The maximum atomic E-state index is 12.0. The van der Waals surface area contributed by atoms with Crippen LogP contribution in [0.4, 0.5) is 11.5 Å². The number of nitrogens with two attached hydrogens (primary N) is 1. The molecule has 0 unspecified atom stereocenters. The van der Waals surface area contributed by atoms with Crippen molar-refractivity contribution in [2.45, 2.75) is 38.2 Å². The second-order valence-corrected chi connectivity index (χ2v) is 7.59. The molecule has 0 aliphatic heterocycles. The van der Waals surface area contributed by atoms with Gasteiger partial charge in [0.2, 0.25) is 10.0 Å². The molecule has 0 atom stereocenters. The smallest absolute Gasteiger partial charge is 0.367 e. The van der Waals surface area contributed by atoms with Crippen LogP contribution in [-0.2, 0) is 14.8 Å². The van der Waals surface area contributed by atoms with E-state index in [1.807, 2.05) is 0 Å². The molecule has 1 aromatic heterocycles. The summed E-state index contributed by atoms with van der Waals surface area (Å²) < 4.78 is 30.3. The van der Waals surface area contributed by atoms with Gasteiger partial charge < -0.3 is 20.6 Å². The Morgan fingerprint density at radius 3 is 2.50 bits per heavy atom. The number of nitro groups is 1. The molecule has 1 aliphatic carbocycles. The zero-order chi connectivity index (χ0) is 18.6. The molecule has 1 amide bonds. The largest absolute Gasteiger partial charge is 0.455 e. The van der Waals surface area contributed by atoms with E-state index in [-0.39, 0.29) is 30.1 Å². The van der Waals surface area contributed by atoms with Crippen LogP contribution in [0.3, 0.4) is 0 Å². The molecular weight excluding hydrogens is 388 g/mol. The number of halogens is 1. The summed E-state index contributed by atoms with van der Waals surface area (Å²) in [5, 5.41) is 11.0. The van der Waals surface area contributed by atoms with E-state index in [1.54, 1.807) is 0 Å². The van der Waals surface area contributed by atoms with Crippen LogP contribution in [0, 0.1) is 10.1 Å². The van der Waals surface area contributed by atoms with Gasteiger partial charge in [-0.1, -0.05) is 6.42 Å². The van der Waals surface area contributed by atoms with Gasteiger partial charge in [0, 0.05) is 11.1 Å². The van der Waals surface area contributed by atoms with Gasteiger partial charge >= 0.3 is 11.7 Å². The molecule has 12 heteroatoms. The van der Waals surface area contributed by atoms with Crippen molar-refractivity contribution in [1.82, 2.24) is 4.98 Å². The van der Waals surface area contributed by atoms with Crippen LogP contribution < -0.4 is 14.8 Å². The lowest BCUT2D eigenvalue weighted by atomic mass is 9.98. The Morgan fingerprint density at radius 1 is 1.38 bits per heavy atom. The number of ether oxygens (including phenoxy) is 1. The zero-order valence-corrected chi connectivity index (χ0v) is 15.8. The third-order valence-electron chi connectivity index (χ3n) is 3.79. The molecule has 0 aromatic carbocycles. The molecule has 2 N–H and O–H groups in total. The van der Waals surface area contributed by atoms with Crippen LogP contribution in [-0.4, -0.2) is 43.1 Å². The molecule has 0 radical (unpaired) electrons. The average molecular weight is 409 g/mol. The third-order valence-corrected chi connectivity index (χ3v) is 4.86. The van der Waals surface area contributed by atoms with Crippen molar-refractivity contribution >= 4 is 39.8 Å². The molecule has 1 aromatic rings. The highest BCUT2D eigenvalue weighted by atomic mass is 35.5. The summed E-state index contributed by atoms with van der Waals surface area (Å²) in [4.78, 5) is 26.1. The number of aromatic nitrogens is 1. The van der Waals surface area contributed by atoms with Gasteiger partial charge in [0.05, 0.1) is 12.8 Å². The lowest BCUT2D eigenvalue weighted by Crippen LogP contribution is -2.40. The van der Waals surface area contributed by atoms with Crippen molar-refractivity contribution in [3.05, 3.63) is 22.2 Å². The van der Waals surface area contributed by atoms with Crippen molar-refractivity contribution in [1.29, 1.82) is 0 Å². The number of anilines is 1. The van der Waals surface area contributed by atoms with Crippen LogP contribution in [0.15, 0.2) is 12.1 Å². The number of pyridine rings is 1. The zero-order valence-electron chi connectivity index (χ0n) is 14.2. The first-order valence-electron chi connectivity index (χ1n) is 7.79. The van der Waals surface area contributed by atoms with Gasteiger partial charge in [0.1, 0.15) is 11.8 Å². The molecule has 1 fully saturated rings. The first-order chi connectivity index (χ1) is 11.7. The van der Waals surface area contributed by atoms with E-state index in [0.29, 0.717) is 4.31 Å². The van der Waals surface area contributed by atoms with E-state index in [9.17, 15) is 23.3 Å². The quantitative estimate of drug-likeness (QED) is 0.548. The Morgan fingerprint density at radius 2 is 2.00 bits per heavy atom. The van der Waals surface area contributed by atoms with Crippen molar-refractivity contribution in [2.24, 2.45) is 5.73 Å².